The molecule has 0 aliphatic carbocycles. The van der Waals surface area contributed by atoms with E-state index in [4.69, 9.17) is 0 Å². The summed E-state index contributed by atoms with van der Waals surface area (Å²) in [5, 5.41) is 9.64. The van der Waals surface area contributed by atoms with E-state index in [-0.39, 0.29) is 11.4 Å². The fourth-order valence-electron chi connectivity index (χ4n) is 1.56. The van der Waals surface area contributed by atoms with E-state index in [9.17, 15) is 8.42 Å². The van der Waals surface area contributed by atoms with Crippen molar-refractivity contribution < 1.29 is 8.42 Å². The summed E-state index contributed by atoms with van der Waals surface area (Å²) in [5.74, 6) is 0. The second kappa shape index (κ2) is 6.44. The predicted molar refractivity (Wildman–Crippen MR) is 77.0 cm³/mol. The lowest BCUT2D eigenvalue weighted by molar-refractivity contribution is 0.576. The minimum atomic E-state index is -3.54. The van der Waals surface area contributed by atoms with Gasteiger partial charge in [0.2, 0.25) is 10.0 Å². The highest BCUT2D eigenvalue weighted by Crippen LogP contribution is 2.11. The second-order valence-electron chi connectivity index (χ2n) is 4.25. The first kappa shape index (κ1) is 15.1. The summed E-state index contributed by atoms with van der Waals surface area (Å²) >= 11 is 1.43. The number of rotatable bonds is 7. The fraction of sp³-hybridized carbons (Fsp3) is 0.455. The monoisotopic (exact) mass is 315 g/mol. The van der Waals surface area contributed by atoms with Crippen molar-refractivity contribution in [3.05, 3.63) is 28.5 Å². The maximum atomic E-state index is 12.1. The maximum absolute atomic E-state index is 12.1. The SMILES string of the molecule is CNCCn1cc(S(=O)(=O)NCc2nc(C)cs2)cn1. The van der Waals surface area contributed by atoms with Crippen molar-refractivity contribution in [2.24, 2.45) is 0 Å². The van der Waals surface area contributed by atoms with Crippen LogP contribution in [-0.2, 0) is 23.1 Å². The number of likely N-dealkylation sites (N-methyl/N-ethyl adjacent to an activating group) is 1. The van der Waals surface area contributed by atoms with Gasteiger partial charge in [-0.3, -0.25) is 4.68 Å². The molecule has 2 N–H and O–H groups in total. The Kier molecular flexibility index (Phi) is 4.86. The van der Waals surface area contributed by atoms with E-state index in [0.29, 0.717) is 6.54 Å². The molecular formula is C11H17N5O2S2. The quantitative estimate of drug-likeness (QED) is 0.769. The van der Waals surface area contributed by atoms with E-state index in [1.54, 1.807) is 4.68 Å². The van der Waals surface area contributed by atoms with E-state index in [2.05, 4.69) is 20.1 Å². The van der Waals surface area contributed by atoms with Gasteiger partial charge in [0.15, 0.2) is 0 Å². The Balaban J connectivity index is 2.00. The van der Waals surface area contributed by atoms with Gasteiger partial charge in [0.1, 0.15) is 9.90 Å². The standard InChI is InChI=1S/C11H17N5O2S2/c1-9-8-19-11(15-9)6-14-20(17,18)10-5-13-16(7-10)4-3-12-2/h5,7-8,12,14H,3-4,6H2,1-2H3. The van der Waals surface area contributed by atoms with Crippen LogP contribution in [-0.4, -0.2) is 36.8 Å². The number of aryl methyl sites for hydroxylation is 1. The first-order valence-corrected chi connectivity index (χ1v) is 8.45. The second-order valence-corrected chi connectivity index (χ2v) is 6.96. The molecule has 0 spiro atoms. The highest BCUT2D eigenvalue weighted by atomic mass is 32.2. The van der Waals surface area contributed by atoms with Gasteiger partial charge in [-0.15, -0.1) is 11.3 Å². The zero-order chi connectivity index (χ0) is 14.6. The Morgan fingerprint density at radius 1 is 1.45 bits per heavy atom. The molecule has 0 saturated heterocycles. The molecule has 2 rings (SSSR count). The summed E-state index contributed by atoms with van der Waals surface area (Å²) in [5.41, 5.74) is 0.893. The molecule has 0 fully saturated rings. The molecule has 2 heterocycles. The first-order chi connectivity index (χ1) is 9.51. The van der Waals surface area contributed by atoms with Crippen LogP contribution in [0.1, 0.15) is 10.7 Å². The molecule has 2 aromatic heterocycles. The fourth-order valence-corrected chi connectivity index (χ4v) is 3.30. The molecule has 2 aromatic rings. The van der Waals surface area contributed by atoms with Gasteiger partial charge in [-0.25, -0.2) is 18.1 Å². The summed E-state index contributed by atoms with van der Waals surface area (Å²) in [7, 11) is -1.71. The van der Waals surface area contributed by atoms with Crippen molar-refractivity contribution in [3.8, 4) is 0 Å². The van der Waals surface area contributed by atoms with E-state index < -0.39 is 10.0 Å². The lowest BCUT2D eigenvalue weighted by atomic mass is 10.6. The highest BCUT2D eigenvalue weighted by molar-refractivity contribution is 7.89. The van der Waals surface area contributed by atoms with Gasteiger partial charge in [0, 0.05) is 23.8 Å². The molecule has 9 heteroatoms. The zero-order valence-electron chi connectivity index (χ0n) is 11.3. The van der Waals surface area contributed by atoms with Crippen LogP contribution in [0.3, 0.4) is 0 Å². The van der Waals surface area contributed by atoms with Gasteiger partial charge in [0.25, 0.3) is 0 Å². The van der Waals surface area contributed by atoms with Gasteiger partial charge in [-0.1, -0.05) is 0 Å². The molecule has 0 unspecified atom stereocenters. The molecule has 0 radical (unpaired) electrons. The Bertz CT molecular complexity index is 662. The molecule has 20 heavy (non-hydrogen) atoms. The Hall–Kier alpha value is -1.29. The van der Waals surface area contributed by atoms with E-state index in [1.165, 1.54) is 23.7 Å². The van der Waals surface area contributed by atoms with Crippen molar-refractivity contribution in [1.82, 2.24) is 24.8 Å². The molecule has 7 nitrogen and oxygen atoms in total. The smallest absolute Gasteiger partial charge is 0.244 e. The number of thiazole rings is 1. The third-order valence-corrected chi connectivity index (χ3v) is 4.91. The number of hydrogen-bond donors (Lipinski definition) is 2. The number of nitrogens with zero attached hydrogens (tertiary/aromatic N) is 3. The molecule has 0 amide bonds. The first-order valence-electron chi connectivity index (χ1n) is 6.09. The number of nitrogens with one attached hydrogen (secondary N) is 2. The summed E-state index contributed by atoms with van der Waals surface area (Å²) < 4.78 is 28.3. The highest BCUT2D eigenvalue weighted by Gasteiger charge is 2.16. The molecule has 110 valence electrons. The Morgan fingerprint density at radius 3 is 2.90 bits per heavy atom. The largest absolute Gasteiger partial charge is 0.318 e. The molecule has 0 saturated carbocycles. The number of aromatic nitrogens is 3. The summed E-state index contributed by atoms with van der Waals surface area (Å²) in [4.78, 5) is 4.38. The summed E-state index contributed by atoms with van der Waals surface area (Å²) in [6.45, 7) is 3.42. The summed E-state index contributed by atoms with van der Waals surface area (Å²) in [6, 6.07) is 0. The van der Waals surface area contributed by atoms with Crippen LogP contribution in [0.15, 0.2) is 22.7 Å². The zero-order valence-corrected chi connectivity index (χ0v) is 13.0. The molecule has 0 aliphatic heterocycles. The minimum Gasteiger partial charge on any atom is -0.318 e. The number of sulfonamides is 1. The van der Waals surface area contributed by atoms with Crippen molar-refractivity contribution in [1.29, 1.82) is 0 Å². The molecule has 0 bridgehead atoms. The Morgan fingerprint density at radius 2 is 2.25 bits per heavy atom. The van der Waals surface area contributed by atoms with E-state index in [1.807, 2.05) is 19.4 Å². The Labute approximate surface area is 122 Å². The van der Waals surface area contributed by atoms with Crippen LogP contribution in [0.2, 0.25) is 0 Å². The van der Waals surface area contributed by atoms with Crippen LogP contribution >= 0.6 is 11.3 Å². The third-order valence-electron chi connectivity index (χ3n) is 2.59. The van der Waals surface area contributed by atoms with Gasteiger partial charge in [0.05, 0.1) is 19.3 Å². The normalized spacial score (nSPS) is 11.9. The molecular weight excluding hydrogens is 298 g/mol. The third kappa shape index (κ3) is 3.85. The molecule has 0 aromatic carbocycles. The topological polar surface area (TPSA) is 88.9 Å². The van der Waals surface area contributed by atoms with Crippen LogP contribution < -0.4 is 10.0 Å². The van der Waals surface area contributed by atoms with Crippen LogP contribution in [0, 0.1) is 6.92 Å². The van der Waals surface area contributed by atoms with Crippen molar-refractivity contribution in [2.75, 3.05) is 13.6 Å². The van der Waals surface area contributed by atoms with Crippen LogP contribution in [0.5, 0.6) is 0 Å². The van der Waals surface area contributed by atoms with Gasteiger partial charge < -0.3 is 5.32 Å². The average molecular weight is 315 g/mol. The molecule has 0 aliphatic rings. The van der Waals surface area contributed by atoms with Crippen LogP contribution in [0.4, 0.5) is 0 Å². The lowest BCUT2D eigenvalue weighted by Gasteiger charge is -2.02. The minimum absolute atomic E-state index is 0.168. The van der Waals surface area contributed by atoms with Crippen molar-refractivity contribution in [2.45, 2.75) is 24.9 Å². The van der Waals surface area contributed by atoms with E-state index in [0.717, 1.165) is 17.2 Å². The number of hydrogen-bond acceptors (Lipinski definition) is 6. The van der Waals surface area contributed by atoms with Gasteiger partial charge in [-0.2, -0.15) is 5.10 Å². The van der Waals surface area contributed by atoms with Crippen molar-refractivity contribution >= 4 is 21.4 Å². The molecule has 0 atom stereocenters. The van der Waals surface area contributed by atoms with Crippen LogP contribution in [0.25, 0.3) is 0 Å². The predicted octanol–water partition coefficient (Wildman–Crippen LogP) is 0.346. The summed E-state index contributed by atoms with van der Waals surface area (Å²) in [6.07, 6.45) is 2.87. The van der Waals surface area contributed by atoms with Gasteiger partial charge in [-0.05, 0) is 14.0 Å². The van der Waals surface area contributed by atoms with Crippen molar-refractivity contribution in [3.63, 3.8) is 0 Å². The average Bonchev–Trinajstić information content (AvgIpc) is 3.03. The van der Waals surface area contributed by atoms with E-state index >= 15 is 0 Å². The van der Waals surface area contributed by atoms with Gasteiger partial charge >= 0.3 is 0 Å². The lowest BCUT2D eigenvalue weighted by Crippen LogP contribution is -2.23. The maximum Gasteiger partial charge on any atom is 0.244 e.